The molecule has 0 bridgehead atoms. The fourth-order valence-electron chi connectivity index (χ4n) is 1.89. The zero-order valence-electron chi connectivity index (χ0n) is 11.1. The molecule has 1 aliphatic rings. The molecule has 2 unspecified atom stereocenters. The molecule has 1 aliphatic heterocycles. The van der Waals surface area contributed by atoms with Gasteiger partial charge < -0.3 is 15.8 Å². The maximum Gasteiger partial charge on any atom is 0.265 e. The molecule has 0 radical (unpaired) electrons. The molecule has 98 valence electrons. The Bertz CT molecular complexity index is 457. The van der Waals surface area contributed by atoms with Crippen LogP contribution in [0.15, 0.2) is 18.2 Å². The number of ether oxygens (including phenoxy) is 1. The van der Waals surface area contributed by atoms with E-state index >= 15 is 0 Å². The van der Waals surface area contributed by atoms with Gasteiger partial charge in [0.2, 0.25) is 0 Å². The van der Waals surface area contributed by atoms with Gasteiger partial charge in [0.1, 0.15) is 5.75 Å². The number of hydrogen-bond acceptors (Lipinski definition) is 3. The first-order chi connectivity index (χ1) is 8.47. The Morgan fingerprint density at radius 1 is 1.44 bits per heavy atom. The van der Waals surface area contributed by atoms with Crippen molar-refractivity contribution in [3.63, 3.8) is 0 Å². The molecular weight excluding hydrogens is 228 g/mol. The van der Waals surface area contributed by atoms with Crippen molar-refractivity contribution < 1.29 is 9.53 Å². The summed E-state index contributed by atoms with van der Waals surface area (Å²) in [7, 11) is 0. The Hall–Kier alpha value is -1.55. The lowest BCUT2D eigenvalue weighted by Crippen LogP contribution is -2.34. The maximum absolute atomic E-state index is 11.5. The van der Waals surface area contributed by atoms with Crippen molar-refractivity contribution in [3.05, 3.63) is 23.8 Å². The van der Waals surface area contributed by atoms with Crippen LogP contribution in [0.4, 0.5) is 5.69 Å². The summed E-state index contributed by atoms with van der Waals surface area (Å²) in [5, 5.41) is 2.85. The van der Waals surface area contributed by atoms with Crippen LogP contribution >= 0.6 is 0 Å². The zero-order valence-corrected chi connectivity index (χ0v) is 11.1. The fraction of sp³-hybridized carbons (Fsp3) is 0.500. The summed E-state index contributed by atoms with van der Waals surface area (Å²) >= 11 is 0. The standard InChI is InChI=1S/C14H20N2O2/c1-8(2)11(15)6-10-4-5-13-12(7-10)16-14(17)9(3)18-13/h4-5,7-9,11H,6,15H2,1-3H3,(H,16,17). The number of anilines is 1. The first-order valence-electron chi connectivity index (χ1n) is 6.33. The first kappa shape index (κ1) is 12.9. The van der Waals surface area contributed by atoms with Crippen LogP contribution in [-0.4, -0.2) is 18.1 Å². The van der Waals surface area contributed by atoms with Crippen molar-refractivity contribution in [2.75, 3.05) is 5.32 Å². The van der Waals surface area contributed by atoms with E-state index in [1.54, 1.807) is 6.92 Å². The third-order valence-corrected chi connectivity index (χ3v) is 3.30. The molecule has 0 saturated carbocycles. The predicted octanol–water partition coefficient (Wildman–Crippen LogP) is 1.93. The lowest BCUT2D eigenvalue weighted by Gasteiger charge is -2.24. The number of nitrogens with one attached hydrogen (secondary N) is 1. The molecule has 0 fully saturated rings. The van der Waals surface area contributed by atoms with E-state index in [1.807, 2.05) is 18.2 Å². The smallest absolute Gasteiger partial charge is 0.265 e. The summed E-state index contributed by atoms with van der Waals surface area (Å²) in [6.45, 7) is 5.95. The van der Waals surface area contributed by atoms with Crippen LogP contribution in [0.3, 0.4) is 0 Å². The second-order valence-corrected chi connectivity index (χ2v) is 5.19. The van der Waals surface area contributed by atoms with Crippen LogP contribution < -0.4 is 15.8 Å². The van der Waals surface area contributed by atoms with Gasteiger partial charge in [-0.3, -0.25) is 4.79 Å². The summed E-state index contributed by atoms with van der Waals surface area (Å²) in [6.07, 6.45) is 0.373. The predicted molar refractivity (Wildman–Crippen MR) is 71.7 cm³/mol. The number of benzene rings is 1. The Labute approximate surface area is 108 Å². The number of rotatable bonds is 3. The SMILES string of the molecule is CC1Oc2ccc(CC(N)C(C)C)cc2NC1=O. The highest BCUT2D eigenvalue weighted by molar-refractivity contribution is 5.97. The fourth-order valence-corrected chi connectivity index (χ4v) is 1.89. The van der Waals surface area contributed by atoms with Crippen LogP contribution in [0, 0.1) is 5.92 Å². The van der Waals surface area contributed by atoms with Crippen molar-refractivity contribution in [2.24, 2.45) is 11.7 Å². The molecule has 4 heteroatoms. The number of amides is 1. The average Bonchev–Trinajstić information content (AvgIpc) is 2.31. The molecule has 1 heterocycles. The molecule has 1 aromatic carbocycles. The lowest BCUT2D eigenvalue weighted by molar-refractivity contribution is -0.122. The Morgan fingerprint density at radius 3 is 2.83 bits per heavy atom. The van der Waals surface area contributed by atoms with Gasteiger partial charge in [0, 0.05) is 6.04 Å². The van der Waals surface area contributed by atoms with E-state index in [1.165, 1.54) is 0 Å². The molecule has 0 aromatic heterocycles. The number of nitrogens with two attached hydrogens (primary N) is 1. The van der Waals surface area contributed by atoms with Gasteiger partial charge >= 0.3 is 0 Å². The topological polar surface area (TPSA) is 64.3 Å². The second-order valence-electron chi connectivity index (χ2n) is 5.19. The monoisotopic (exact) mass is 248 g/mol. The van der Waals surface area contributed by atoms with E-state index in [-0.39, 0.29) is 11.9 Å². The molecule has 4 nitrogen and oxygen atoms in total. The van der Waals surface area contributed by atoms with Gasteiger partial charge in [0.25, 0.3) is 5.91 Å². The van der Waals surface area contributed by atoms with Crippen molar-refractivity contribution in [1.29, 1.82) is 0 Å². The highest BCUT2D eigenvalue weighted by Crippen LogP contribution is 2.30. The van der Waals surface area contributed by atoms with Crippen LogP contribution in [0.25, 0.3) is 0 Å². The summed E-state index contributed by atoms with van der Waals surface area (Å²) in [5.41, 5.74) is 7.92. The van der Waals surface area contributed by atoms with Gasteiger partial charge in [-0.15, -0.1) is 0 Å². The summed E-state index contributed by atoms with van der Waals surface area (Å²) in [5.74, 6) is 1.06. The van der Waals surface area contributed by atoms with Crippen molar-refractivity contribution >= 4 is 11.6 Å². The molecule has 18 heavy (non-hydrogen) atoms. The number of hydrogen-bond donors (Lipinski definition) is 2. The maximum atomic E-state index is 11.5. The van der Waals surface area contributed by atoms with E-state index in [0.717, 1.165) is 23.4 Å². The lowest BCUT2D eigenvalue weighted by atomic mass is 9.97. The first-order valence-corrected chi connectivity index (χ1v) is 6.33. The van der Waals surface area contributed by atoms with Crippen molar-refractivity contribution in [1.82, 2.24) is 0 Å². The van der Waals surface area contributed by atoms with Gasteiger partial charge in [-0.25, -0.2) is 0 Å². The number of carbonyl (C=O) groups is 1. The largest absolute Gasteiger partial charge is 0.479 e. The normalized spacial score (nSPS) is 20.1. The van der Waals surface area contributed by atoms with Crippen LogP contribution in [-0.2, 0) is 11.2 Å². The molecule has 0 aliphatic carbocycles. The van der Waals surface area contributed by atoms with Crippen LogP contribution in [0.2, 0.25) is 0 Å². The van der Waals surface area contributed by atoms with E-state index in [9.17, 15) is 4.79 Å². The highest BCUT2D eigenvalue weighted by Gasteiger charge is 2.23. The van der Waals surface area contributed by atoms with Crippen molar-refractivity contribution in [2.45, 2.75) is 39.3 Å². The van der Waals surface area contributed by atoms with Crippen LogP contribution in [0.1, 0.15) is 26.3 Å². The Balaban J connectivity index is 2.17. The molecule has 0 spiro atoms. The third-order valence-electron chi connectivity index (χ3n) is 3.30. The van der Waals surface area contributed by atoms with Gasteiger partial charge in [0.15, 0.2) is 6.10 Å². The van der Waals surface area contributed by atoms with Gasteiger partial charge in [-0.1, -0.05) is 19.9 Å². The average molecular weight is 248 g/mol. The van der Waals surface area contributed by atoms with Crippen LogP contribution in [0.5, 0.6) is 5.75 Å². The third kappa shape index (κ3) is 2.64. The van der Waals surface area contributed by atoms with E-state index < -0.39 is 6.10 Å². The number of fused-ring (bicyclic) bond motifs is 1. The summed E-state index contributed by atoms with van der Waals surface area (Å²) in [6, 6.07) is 5.97. The van der Waals surface area contributed by atoms with Gasteiger partial charge in [-0.05, 0) is 37.0 Å². The van der Waals surface area contributed by atoms with Gasteiger partial charge in [0.05, 0.1) is 5.69 Å². The molecule has 1 aromatic rings. The zero-order chi connectivity index (χ0) is 13.3. The minimum absolute atomic E-state index is 0.104. The summed E-state index contributed by atoms with van der Waals surface area (Å²) < 4.78 is 5.51. The molecule has 1 amide bonds. The van der Waals surface area contributed by atoms with Crippen molar-refractivity contribution in [3.8, 4) is 5.75 Å². The quantitative estimate of drug-likeness (QED) is 0.859. The van der Waals surface area contributed by atoms with Gasteiger partial charge in [-0.2, -0.15) is 0 Å². The Kier molecular flexibility index (Phi) is 3.57. The Morgan fingerprint density at radius 2 is 2.17 bits per heavy atom. The minimum Gasteiger partial charge on any atom is -0.479 e. The summed E-state index contributed by atoms with van der Waals surface area (Å²) in [4.78, 5) is 11.5. The second kappa shape index (κ2) is 4.98. The molecule has 2 atom stereocenters. The molecular formula is C14H20N2O2. The number of carbonyl (C=O) groups excluding carboxylic acids is 1. The van der Waals surface area contributed by atoms with E-state index in [2.05, 4.69) is 19.2 Å². The highest BCUT2D eigenvalue weighted by atomic mass is 16.5. The molecule has 3 N–H and O–H groups in total. The van der Waals surface area contributed by atoms with E-state index in [0.29, 0.717) is 5.92 Å². The van der Waals surface area contributed by atoms with E-state index in [4.69, 9.17) is 10.5 Å². The minimum atomic E-state index is -0.429. The molecule has 2 rings (SSSR count). The molecule has 0 saturated heterocycles.